The standard InChI is InChI=1S/C47H27F10N5/c1-3-62(2)23-11-9-22(10-12-23)33-26-15-19-30(60-26)34(36-38(48)42(52)46(56)43(53)39(36)49)28-17-13-24(58-28)32(21-7-5-4-6-8-21)25-14-18-29(59-25)35(31-20-16-27(33)61-31)37-40(50)44(54)47(57)45(55)41(37)51/h4-20,58,61H,3H2,1-2H3. The van der Waals surface area contributed by atoms with Crippen molar-refractivity contribution in [1.82, 2.24) is 19.9 Å². The second kappa shape index (κ2) is 15.2. The van der Waals surface area contributed by atoms with Gasteiger partial charge in [0.15, 0.2) is 46.5 Å². The molecule has 9 rings (SSSR count). The van der Waals surface area contributed by atoms with Crippen molar-refractivity contribution in [3.05, 3.63) is 160 Å². The van der Waals surface area contributed by atoms with Gasteiger partial charge in [-0.2, -0.15) is 0 Å². The number of nitrogens with one attached hydrogen (secondary N) is 2. The van der Waals surface area contributed by atoms with Crippen molar-refractivity contribution in [3.63, 3.8) is 0 Å². The summed E-state index contributed by atoms with van der Waals surface area (Å²) in [6.07, 6.45) is 5.51. The number of fused-ring (bicyclic) bond motifs is 8. The van der Waals surface area contributed by atoms with E-state index in [4.69, 9.17) is 4.98 Å². The first-order valence-corrected chi connectivity index (χ1v) is 18.9. The minimum absolute atomic E-state index is 0.0910. The van der Waals surface area contributed by atoms with Crippen molar-refractivity contribution >= 4 is 52.1 Å². The highest BCUT2D eigenvalue weighted by molar-refractivity contribution is 6.00. The summed E-state index contributed by atoms with van der Waals surface area (Å²) in [5.74, 6) is -21.8. The van der Waals surface area contributed by atoms with Crippen molar-refractivity contribution in [2.45, 2.75) is 6.92 Å². The van der Waals surface area contributed by atoms with Gasteiger partial charge in [-0.05, 0) is 78.8 Å². The molecule has 0 amide bonds. The molecule has 3 aromatic heterocycles. The molecule has 4 aromatic carbocycles. The van der Waals surface area contributed by atoms with E-state index in [1.54, 1.807) is 54.6 Å². The predicted octanol–water partition coefficient (Wildman–Crippen LogP) is 13.2. The Bertz CT molecular complexity index is 3120. The second-order valence-corrected chi connectivity index (χ2v) is 14.3. The van der Waals surface area contributed by atoms with Gasteiger partial charge in [0, 0.05) is 63.6 Å². The molecule has 5 heterocycles. The number of hydrogen-bond acceptors (Lipinski definition) is 3. The van der Waals surface area contributed by atoms with Crippen molar-refractivity contribution in [1.29, 1.82) is 0 Å². The van der Waals surface area contributed by atoms with Crippen LogP contribution < -0.4 is 4.90 Å². The van der Waals surface area contributed by atoms with Crippen LogP contribution in [0.25, 0.3) is 90.9 Å². The monoisotopic (exact) mass is 851 g/mol. The van der Waals surface area contributed by atoms with E-state index in [0.29, 0.717) is 17.7 Å². The van der Waals surface area contributed by atoms with Crippen molar-refractivity contribution in [2.24, 2.45) is 0 Å². The molecule has 8 bridgehead atoms. The molecule has 15 heteroatoms. The second-order valence-electron chi connectivity index (χ2n) is 14.3. The molecule has 0 saturated heterocycles. The van der Waals surface area contributed by atoms with Gasteiger partial charge in [-0.25, -0.2) is 53.9 Å². The Hall–Kier alpha value is -7.42. The molecule has 0 spiro atoms. The number of hydrogen-bond donors (Lipinski definition) is 2. The number of benzene rings is 4. The van der Waals surface area contributed by atoms with E-state index in [1.165, 1.54) is 48.6 Å². The zero-order valence-electron chi connectivity index (χ0n) is 32.1. The van der Waals surface area contributed by atoms with Gasteiger partial charge in [-0.15, -0.1) is 0 Å². The van der Waals surface area contributed by atoms with E-state index < -0.39 is 80.4 Å². The molecule has 0 radical (unpaired) electrons. The largest absolute Gasteiger partial charge is 0.375 e. The molecular formula is C47H27F10N5. The lowest BCUT2D eigenvalue weighted by Gasteiger charge is -2.17. The van der Waals surface area contributed by atoms with Crippen LogP contribution in [0.2, 0.25) is 0 Å². The smallest absolute Gasteiger partial charge is 0.200 e. The Labute approximate surface area is 345 Å². The van der Waals surface area contributed by atoms with Gasteiger partial charge >= 0.3 is 0 Å². The summed E-state index contributed by atoms with van der Waals surface area (Å²) in [6, 6.07) is 21.0. The van der Waals surface area contributed by atoms with Crippen molar-refractivity contribution < 1.29 is 43.9 Å². The lowest BCUT2D eigenvalue weighted by molar-refractivity contribution is 0.381. The first-order valence-electron chi connectivity index (χ1n) is 18.9. The van der Waals surface area contributed by atoms with E-state index in [-0.39, 0.29) is 56.0 Å². The Morgan fingerprint density at radius 2 is 0.710 bits per heavy atom. The van der Waals surface area contributed by atoms with Gasteiger partial charge < -0.3 is 14.9 Å². The van der Waals surface area contributed by atoms with E-state index in [0.717, 1.165) is 5.69 Å². The summed E-state index contributed by atoms with van der Waals surface area (Å²) < 4.78 is 152. The molecule has 2 aliphatic rings. The van der Waals surface area contributed by atoms with Crippen LogP contribution in [0.15, 0.2) is 78.9 Å². The fraction of sp³-hybridized carbons (Fsp3) is 0.0638. The molecule has 0 unspecified atom stereocenters. The molecule has 0 atom stereocenters. The molecule has 2 aliphatic heterocycles. The molecule has 7 aromatic rings. The van der Waals surface area contributed by atoms with Gasteiger partial charge in [0.2, 0.25) is 11.6 Å². The Morgan fingerprint density at radius 1 is 0.387 bits per heavy atom. The topological polar surface area (TPSA) is 60.6 Å². The lowest BCUT2D eigenvalue weighted by Crippen LogP contribution is -2.15. The molecule has 0 saturated carbocycles. The number of rotatable bonds is 6. The summed E-state index contributed by atoms with van der Waals surface area (Å²) in [7, 11) is 1.86. The summed E-state index contributed by atoms with van der Waals surface area (Å²) in [4.78, 5) is 17.4. The van der Waals surface area contributed by atoms with Gasteiger partial charge in [0.1, 0.15) is 0 Å². The Kier molecular flexibility index (Phi) is 9.84. The van der Waals surface area contributed by atoms with E-state index in [1.807, 2.05) is 18.9 Å². The van der Waals surface area contributed by atoms with Crippen LogP contribution in [0.5, 0.6) is 0 Å². The molecule has 5 nitrogen and oxygen atoms in total. The third kappa shape index (κ3) is 6.34. The average molecular weight is 852 g/mol. The zero-order valence-corrected chi connectivity index (χ0v) is 32.1. The highest BCUT2D eigenvalue weighted by Gasteiger charge is 2.31. The van der Waals surface area contributed by atoms with Gasteiger partial charge in [-0.1, -0.05) is 42.5 Å². The first kappa shape index (κ1) is 40.0. The van der Waals surface area contributed by atoms with E-state index in [9.17, 15) is 26.3 Å². The minimum atomic E-state index is -2.35. The minimum Gasteiger partial charge on any atom is -0.375 e. The van der Waals surface area contributed by atoms with Crippen LogP contribution in [0.1, 0.15) is 29.7 Å². The lowest BCUT2D eigenvalue weighted by atomic mass is 10.0. The van der Waals surface area contributed by atoms with Crippen LogP contribution in [0.3, 0.4) is 0 Å². The maximum atomic E-state index is 15.9. The predicted molar refractivity (Wildman–Crippen MR) is 219 cm³/mol. The van der Waals surface area contributed by atoms with Crippen LogP contribution >= 0.6 is 0 Å². The summed E-state index contributed by atoms with van der Waals surface area (Å²) in [5.41, 5.74) is -1.39. The van der Waals surface area contributed by atoms with Crippen LogP contribution in [-0.4, -0.2) is 33.5 Å². The highest BCUT2D eigenvalue weighted by Crippen LogP contribution is 2.42. The maximum Gasteiger partial charge on any atom is 0.200 e. The number of nitrogens with zero attached hydrogens (tertiary/aromatic N) is 3. The molecule has 310 valence electrons. The van der Waals surface area contributed by atoms with Crippen molar-refractivity contribution in [3.8, 4) is 44.5 Å². The van der Waals surface area contributed by atoms with Gasteiger partial charge in [-0.3, -0.25) is 0 Å². The zero-order chi connectivity index (χ0) is 43.7. The summed E-state index contributed by atoms with van der Waals surface area (Å²) >= 11 is 0. The fourth-order valence-electron chi connectivity index (χ4n) is 7.66. The number of anilines is 1. The normalized spacial score (nSPS) is 12.1. The summed E-state index contributed by atoms with van der Waals surface area (Å²) in [5, 5.41) is 0. The van der Waals surface area contributed by atoms with Crippen LogP contribution in [-0.2, 0) is 0 Å². The Balaban J connectivity index is 1.51. The molecule has 2 N–H and O–H groups in total. The molecule has 62 heavy (non-hydrogen) atoms. The third-order valence-corrected chi connectivity index (χ3v) is 10.8. The summed E-state index contributed by atoms with van der Waals surface area (Å²) in [6.45, 7) is 2.59. The van der Waals surface area contributed by atoms with E-state index >= 15 is 17.6 Å². The molecule has 0 aliphatic carbocycles. The molecule has 0 fully saturated rings. The SMILES string of the molecule is CCN(C)c1ccc(-c2c3nc(c(-c4c(F)c(F)c(F)c(F)c4F)c4ccc([nH]4)c(-c4ccccc4)c4nc(c(-c5c(F)c(F)c(F)c(F)c5F)c5ccc2[nH]5)C=C4)C=C3)cc1. The van der Waals surface area contributed by atoms with E-state index in [2.05, 4.69) is 15.0 Å². The van der Waals surface area contributed by atoms with Crippen LogP contribution in [0, 0.1) is 58.2 Å². The average Bonchev–Trinajstić information content (AvgIpc) is 4.14. The van der Waals surface area contributed by atoms with Crippen molar-refractivity contribution in [2.75, 3.05) is 18.5 Å². The number of aromatic amines is 2. The number of H-pyrrole nitrogens is 2. The highest BCUT2D eigenvalue weighted by atomic mass is 19.2. The van der Waals surface area contributed by atoms with Crippen LogP contribution in [0.4, 0.5) is 49.6 Å². The molecular weight excluding hydrogens is 825 g/mol. The third-order valence-electron chi connectivity index (χ3n) is 10.8. The quantitative estimate of drug-likeness (QED) is 0.0995. The maximum absolute atomic E-state index is 15.9. The first-order chi connectivity index (χ1) is 29.8. The number of halogens is 10. The number of aromatic nitrogens is 4. The van der Waals surface area contributed by atoms with Gasteiger partial charge in [0.25, 0.3) is 0 Å². The van der Waals surface area contributed by atoms with Gasteiger partial charge in [0.05, 0.1) is 33.9 Å². The Morgan fingerprint density at radius 3 is 1.08 bits per heavy atom. The fourth-order valence-corrected chi connectivity index (χ4v) is 7.66.